The van der Waals surface area contributed by atoms with E-state index in [9.17, 15) is 9.90 Å². The van der Waals surface area contributed by atoms with Gasteiger partial charge < -0.3 is 10.8 Å². The summed E-state index contributed by atoms with van der Waals surface area (Å²) in [6.07, 6.45) is 0.811. The Bertz CT molecular complexity index is 454. The highest BCUT2D eigenvalue weighted by Crippen LogP contribution is 2.27. The van der Waals surface area contributed by atoms with Gasteiger partial charge in [0.15, 0.2) is 0 Å². The van der Waals surface area contributed by atoms with Crippen molar-refractivity contribution < 1.29 is 9.90 Å². The van der Waals surface area contributed by atoms with E-state index >= 15 is 0 Å². The van der Waals surface area contributed by atoms with Crippen LogP contribution in [0.25, 0.3) is 0 Å². The van der Waals surface area contributed by atoms with E-state index in [4.69, 9.17) is 5.73 Å². The predicted octanol–water partition coefficient (Wildman–Crippen LogP) is 2.61. The first-order valence-corrected chi connectivity index (χ1v) is 6.81. The Labute approximate surface area is 115 Å². The topological polar surface area (TPSA) is 66.6 Å². The number of hydrogen-bond donors (Lipinski definition) is 2. The number of nitrogens with zero attached hydrogens (tertiary/aromatic N) is 1. The van der Waals surface area contributed by atoms with Crippen LogP contribution >= 0.6 is 0 Å². The molecule has 0 aliphatic carbocycles. The first kappa shape index (κ1) is 15.5. The van der Waals surface area contributed by atoms with E-state index in [1.54, 1.807) is 0 Å². The van der Waals surface area contributed by atoms with Crippen molar-refractivity contribution in [2.45, 2.75) is 40.2 Å². The molecular weight excluding hydrogens is 240 g/mol. The van der Waals surface area contributed by atoms with Crippen molar-refractivity contribution in [1.29, 1.82) is 0 Å². The number of hydrogen-bond acceptors (Lipinski definition) is 3. The molecule has 0 amide bonds. The molecule has 1 atom stereocenters. The van der Waals surface area contributed by atoms with Crippen molar-refractivity contribution in [2.75, 3.05) is 18.8 Å². The number of carboxylic acid groups (broad SMARTS) is 1. The zero-order valence-corrected chi connectivity index (χ0v) is 12.2. The Morgan fingerprint density at radius 3 is 2.32 bits per heavy atom. The molecule has 0 bridgehead atoms. The van der Waals surface area contributed by atoms with E-state index in [-0.39, 0.29) is 0 Å². The summed E-state index contributed by atoms with van der Waals surface area (Å²) in [6, 6.07) is 3.23. The second kappa shape index (κ2) is 6.57. The minimum absolute atomic E-state index is 0.598. The maximum Gasteiger partial charge on any atom is 0.325 e. The minimum atomic E-state index is -0.810. The molecular formula is C15H24N2O2. The van der Waals surface area contributed by atoms with Crippen LogP contribution in [0.4, 0.5) is 5.69 Å². The van der Waals surface area contributed by atoms with Gasteiger partial charge in [0.2, 0.25) is 0 Å². The van der Waals surface area contributed by atoms with Gasteiger partial charge in [0.25, 0.3) is 0 Å². The highest BCUT2D eigenvalue weighted by Gasteiger charge is 2.26. The van der Waals surface area contributed by atoms with E-state index in [1.807, 2.05) is 44.7 Å². The van der Waals surface area contributed by atoms with E-state index in [0.717, 1.165) is 28.8 Å². The van der Waals surface area contributed by atoms with Gasteiger partial charge >= 0.3 is 5.97 Å². The number of carboxylic acids is 1. The van der Waals surface area contributed by atoms with E-state index in [1.165, 1.54) is 0 Å². The van der Waals surface area contributed by atoms with Crippen LogP contribution in [0, 0.1) is 6.92 Å². The molecule has 4 heteroatoms. The lowest BCUT2D eigenvalue weighted by molar-refractivity contribution is -0.143. The largest absolute Gasteiger partial charge is 0.480 e. The predicted molar refractivity (Wildman–Crippen MR) is 78.3 cm³/mol. The van der Waals surface area contributed by atoms with Crippen molar-refractivity contribution in [2.24, 2.45) is 0 Å². The summed E-state index contributed by atoms with van der Waals surface area (Å²) in [5, 5.41) is 9.51. The molecule has 1 aromatic rings. The molecule has 0 aliphatic heterocycles. The quantitative estimate of drug-likeness (QED) is 0.775. The molecule has 1 unspecified atom stereocenters. The fourth-order valence-electron chi connectivity index (χ4n) is 2.45. The summed E-state index contributed by atoms with van der Waals surface area (Å²) in [5.41, 5.74) is 9.58. The summed E-state index contributed by atoms with van der Waals surface area (Å²) >= 11 is 0. The summed E-state index contributed by atoms with van der Waals surface area (Å²) in [7, 11) is 0. The lowest BCUT2D eigenvalue weighted by Crippen LogP contribution is -2.34. The third-order valence-electron chi connectivity index (χ3n) is 3.60. The number of benzene rings is 1. The standard InChI is InChI=1S/C15H24N2O2/c1-5-11-9-12(8-10(4)13(11)16)14(15(18)19)17(6-2)7-3/h8-9,14H,5-7,16H2,1-4H3,(H,18,19). The smallest absolute Gasteiger partial charge is 0.325 e. The molecule has 0 radical (unpaired) electrons. The van der Waals surface area contributed by atoms with Crippen molar-refractivity contribution in [3.63, 3.8) is 0 Å². The molecule has 0 heterocycles. The van der Waals surface area contributed by atoms with Crippen LogP contribution in [0.3, 0.4) is 0 Å². The molecule has 0 saturated heterocycles. The molecule has 0 spiro atoms. The second-order valence-electron chi connectivity index (χ2n) is 4.73. The summed E-state index contributed by atoms with van der Waals surface area (Å²) in [5.74, 6) is -0.810. The number of nitrogens with two attached hydrogens (primary N) is 1. The van der Waals surface area contributed by atoms with Gasteiger partial charge in [-0.15, -0.1) is 0 Å². The van der Waals surface area contributed by atoms with Gasteiger partial charge in [0.05, 0.1) is 0 Å². The molecule has 4 nitrogen and oxygen atoms in total. The van der Waals surface area contributed by atoms with Crippen molar-refractivity contribution >= 4 is 11.7 Å². The zero-order valence-electron chi connectivity index (χ0n) is 12.2. The number of aliphatic carboxylic acids is 1. The van der Waals surface area contributed by atoms with E-state index < -0.39 is 12.0 Å². The van der Waals surface area contributed by atoms with Crippen LogP contribution in [-0.4, -0.2) is 29.1 Å². The fraction of sp³-hybridized carbons (Fsp3) is 0.533. The molecule has 0 fully saturated rings. The molecule has 3 N–H and O–H groups in total. The summed E-state index contributed by atoms with van der Waals surface area (Å²) < 4.78 is 0. The van der Waals surface area contributed by atoms with Crippen molar-refractivity contribution in [3.05, 3.63) is 28.8 Å². The van der Waals surface area contributed by atoms with Gasteiger partial charge in [0.1, 0.15) is 6.04 Å². The van der Waals surface area contributed by atoms with Crippen LogP contribution in [0.5, 0.6) is 0 Å². The Hall–Kier alpha value is -1.55. The number of rotatable bonds is 6. The average Bonchev–Trinajstić information content (AvgIpc) is 2.38. The Balaban J connectivity index is 3.31. The maximum atomic E-state index is 11.6. The van der Waals surface area contributed by atoms with Gasteiger partial charge in [0, 0.05) is 5.69 Å². The van der Waals surface area contributed by atoms with Crippen LogP contribution < -0.4 is 5.73 Å². The first-order chi connectivity index (χ1) is 8.96. The fourth-order valence-corrected chi connectivity index (χ4v) is 2.45. The number of aryl methyl sites for hydroxylation is 2. The summed E-state index contributed by atoms with van der Waals surface area (Å²) in [6.45, 7) is 9.33. The average molecular weight is 264 g/mol. The monoisotopic (exact) mass is 264 g/mol. The van der Waals surface area contributed by atoms with Crippen LogP contribution in [0.15, 0.2) is 12.1 Å². The summed E-state index contributed by atoms with van der Waals surface area (Å²) in [4.78, 5) is 13.5. The third-order valence-corrected chi connectivity index (χ3v) is 3.60. The first-order valence-electron chi connectivity index (χ1n) is 6.81. The number of nitrogen functional groups attached to an aromatic ring is 1. The molecule has 106 valence electrons. The van der Waals surface area contributed by atoms with Crippen molar-refractivity contribution in [3.8, 4) is 0 Å². The van der Waals surface area contributed by atoms with Crippen molar-refractivity contribution in [1.82, 2.24) is 4.90 Å². The minimum Gasteiger partial charge on any atom is -0.480 e. The van der Waals surface area contributed by atoms with Crippen LogP contribution in [0.1, 0.15) is 43.5 Å². The molecule has 0 aromatic heterocycles. The Kier molecular flexibility index (Phi) is 5.36. The molecule has 19 heavy (non-hydrogen) atoms. The van der Waals surface area contributed by atoms with Gasteiger partial charge in [-0.25, -0.2) is 0 Å². The molecule has 0 saturated carbocycles. The Morgan fingerprint density at radius 1 is 1.32 bits per heavy atom. The number of likely N-dealkylation sites (N-methyl/N-ethyl adjacent to an activating group) is 1. The number of carbonyl (C=O) groups is 1. The zero-order chi connectivity index (χ0) is 14.6. The van der Waals surface area contributed by atoms with Crippen LogP contribution in [-0.2, 0) is 11.2 Å². The lowest BCUT2D eigenvalue weighted by atomic mass is 9.96. The lowest BCUT2D eigenvalue weighted by Gasteiger charge is -2.27. The maximum absolute atomic E-state index is 11.6. The highest BCUT2D eigenvalue weighted by molar-refractivity contribution is 5.76. The third kappa shape index (κ3) is 3.26. The van der Waals surface area contributed by atoms with E-state index in [2.05, 4.69) is 0 Å². The normalized spacial score (nSPS) is 12.7. The van der Waals surface area contributed by atoms with E-state index in [0.29, 0.717) is 13.1 Å². The molecule has 0 aliphatic rings. The van der Waals surface area contributed by atoms with Crippen LogP contribution in [0.2, 0.25) is 0 Å². The van der Waals surface area contributed by atoms with Gasteiger partial charge in [-0.05, 0) is 43.1 Å². The van der Waals surface area contributed by atoms with Gasteiger partial charge in [-0.2, -0.15) is 0 Å². The molecule has 1 aromatic carbocycles. The number of anilines is 1. The SMILES string of the molecule is CCc1cc(C(C(=O)O)N(CC)CC)cc(C)c1N. The van der Waals surface area contributed by atoms with Gasteiger partial charge in [-0.3, -0.25) is 9.69 Å². The van der Waals surface area contributed by atoms with Gasteiger partial charge in [-0.1, -0.05) is 32.9 Å². The molecule has 1 rings (SSSR count). The second-order valence-corrected chi connectivity index (χ2v) is 4.73. The highest BCUT2D eigenvalue weighted by atomic mass is 16.4. The Morgan fingerprint density at radius 2 is 1.89 bits per heavy atom.